The number of carbonyl (C=O) groups excluding carboxylic acids is 2. The van der Waals surface area contributed by atoms with Gasteiger partial charge in [-0.2, -0.15) is 0 Å². The Morgan fingerprint density at radius 2 is 2.35 bits per heavy atom. The summed E-state index contributed by atoms with van der Waals surface area (Å²) in [5.41, 5.74) is 1.75. The topological polar surface area (TPSA) is 76.7 Å². The number of esters is 1. The van der Waals surface area contributed by atoms with Gasteiger partial charge in [0.2, 0.25) is 0 Å². The largest absolute Gasteiger partial charge is 0.482 e. The fourth-order valence-electron chi connectivity index (χ4n) is 1.93. The Kier molecular flexibility index (Phi) is 4.95. The molecule has 0 saturated carbocycles. The molecule has 0 aromatic heterocycles. The Bertz CT molecular complexity index is 502. The maximum atomic E-state index is 11.2. The van der Waals surface area contributed by atoms with E-state index in [0.717, 1.165) is 18.5 Å². The summed E-state index contributed by atoms with van der Waals surface area (Å²) in [4.78, 5) is 22.2. The number of fused-ring (bicyclic) bond motifs is 1. The van der Waals surface area contributed by atoms with E-state index in [1.54, 1.807) is 0 Å². The number of ether oxygens (including phenoxy) is 2. The second-order valence-electron chi connectivity index (χ2n) is 4.52. The molecule has 0 fully saturated rings. The predicted molar refractivity (Wildman–Crippen MR) is 73.5 cm³/mol. The zero-order chi connectivity index (χ0) is 14.4. The maximum absolute atomic E-state index is 11.2. The van der Waals surface area contributed by atoms with Crippen molar-refractivity contribution in [1.82, 2.24) is 5.32 Å². The lowest BCUT2D eigenvalue weighted by atomic mass is 10.1. The number of hydrogen-bond donors (Lipinski definition) is 2. The van der Waals surface area contributed by atoms with Crippen LogP contribution in [0, 0.1) is 0 Å². The molecule has 1 aromatic carbocycles. The van der Waals surface area contributed by atoms with Gasteiger partial charge in [0, 0.05) is 13.0 Å². The molecular weight excluding hydrogens is 260 g/mol. The highest BCUT2D eigenvalue weighted by atomic mass is 16.5. The predicted octanol–water partition coefficient (Wildman–Crippen LogP) is 1.06. The molecule has 0 bridgehead atoms. The van der Waals surface area contributed by atoms with Gasteiger partial charge < -0.3 is 20.1 Å². The summed E-state index contributed by atoms with van der Waals surface area (Å²) in [7, 11) is 1.39. The van der Waals surface area contributed by atoms with Gasteiger partial charge in [-0.3, -0.25) is 9.59 Å². The summed E-state index contributed by atoms with van der Waals surface area (Å²) in [5, 5.41) is 6.01. The first-order valence-electron chi connectivity index (χ1n) is 6.52. The lowest BCUT2D eigenvalue weighted by Gasteiger charge is -2.18. The second-order valence-corrected chi connectivity index (χ2v) is 4.52. The van der Waals surface area contributed by atoms with Crippen molar-refractivity contribution in [3.05, 3.63) is 23.8 Å². The molecule has 0 spiro atoms. The van der Waals surface area contributed by atoms with E-state index in [9.17, 15) is 9.59 Å². The molecule has 6 nitrogen and oxygen atoms in total. The Labute approximate surface area is 117 Å². The van der Waals surface area contributed by atoms with Crippen molar-refractivity contribution in [2.75, 3.05) is 25.6 Å². The molecule has 1 amide bonds. The average Bonchev–Trinajstić information content (AvgIpc) is 2.46. The number of nitrogens with one attached hydrogen (secondary N) is 2. The Hall–Kier alpha value is -2.08. The number of methoxy groups -OCH3 is 1. The van der Waals surface area contributed by atoms with Crippen molar-refractivity contribution in [2.24, 2.45) is 0 Å². The van der Waals surface area contributed by atoms with Gasteiger partial charge in [0.25, 0.3) is 5.91 Å². The van der Waals surface area contributed by atoms with Gasteiger partial charge in [0.1, 0.15) is 5.75 Å². The molecule has 108 valence electrons. The van der Waals surface area contributed by atoms with Crippen molar-refractivity contribution in [1.29, 1.82) is 0 Å². The van der Waals surface area contributed by atoms with Crippen molar-refractivity contribution in [2.45, 2.75) is 19.4 Å². The number of amides is 1. The number of hydrogen-bond acceptors (Lipinski definition) is 5. The fraction of sp³-hybridized carbons (Fsp3) is 0.429. The van der Waals surface area contributed by atoms with Crippen LogP contribution < -0.4 is 15.4 Å². The molecule has 6 heteroatoms. The third-order valence-corrected chi connectivity index (χ3v) is 2.97. The van der Waals surface area contributed by atoms with Gasteiger partial charge in [-0.05, 0) is 30.7 Å². The molecule has 2 N–H and O–H groups in total. The van der Waals surface area contributed by atoms with Crippen LogP contribution >= 0.6 is 0 Å². The van der Waals surface area contributed by atoms with E-state index in [4.69, 9.17) is 4.74 Å². The smallest absolute Gasteiger partial charge is 0.305 e. The van der Waals surface area contributed by atoms with Crippen LogP contribution in [0.4, 0.5) is 5.69 Å². The molecule has 2 rings (SSSR count). The molecule has 0 aliphatic carbocycles. The van der Waals surface area contributed by atoms with E-state index < -0.39 is 0 Å². The monoisotopic (exact) mass is 278 g/mol. The summed E-state index contributed by atoms with van der Waals surface area (Å²) < 4.78 is 9.86. The van der Waals surface area contributed by atoms with E-state index in [-0.39, 0.29) is 18.5 Å². The van der Waals surface area contributed by atoms with Crippen LogP contribution in [0.1, 0.15) is 18.4 Å². The molecule has 20 heavy (non-hydrogen) atoms. The lowest BCUT2D eigenvalue weighted by molar-refractivity contribution is -0.140. The molecule has 1 aliphatic rings. The normalized spacial score (nSPS) is 13.2. The van der Waals surface area contributed by atoms with Gasteiger partial charge in [-0.1, -0.05) is 6.07 Å². The van der Waals surface area contributed by atoms with E-state index in [1.807, 2.05) is 18.2 Å². The third kappa shape index (κ3) is 3.96. The molecule has 1 aliphatic heterocycles. The first-order valence-corrected chi connectivity index (χ1v) is 6.52. The Morgan fingerprint density at radius 1 is 1.50 bits per heavy atom. The molecular formula is C14H18N2O4. The first-order chi connectivity index (χ1) is 9.69. The van der Waals surface area contributed by atoms with Gasteiger partial charge in [-0.15, -0.1) is 0 Å². The van der Waals surface area contributed by atoms with Gasteiger partial charge in [0.15, 0.2) is 6.61 Å². The molecule has 0 unspecified atom stereocenters. The number of rotatable bonds is 6. The summed E-state index contributed by atoms with van der Waals surface area (Å²) in [5.74, 6) is 0.361. The summed E-state index contributed by atoms with van der Waals surface area (Å²) >= 11 is 0. The molecule has 0 radical (unpaired) electrons. The standard InChI is InChI=1S/C14H18N2O4/c1-19-14(18)3-2-6-15-8-10-4-5-12-11(7-10)16-13(17)9-20-12/h4-5,7,15H,2-3,6,8-9H2,1H3,(H,16,17). The van der Waals surface area contributed by atoms with Gasteiger partial charge >= 0.3 is 5.97 Å². The minimum atomic E-state index is -0.194. The van der Waals surface area contributed by atoms with Crippen molar-refractivity contribution < 1.29 is 19.1 Å². The van der Waals surface area contributed by atoms with Crippen LogP contribution in [0.5, 0.6) is 5.75 Å². The van der Waals surface area contributed by atoms with Crippen LogP contribution in [0.25, 0.3) is 0 Å². The molecule has 0 saturated heterocycles. The summed E-state index contributed by atoms with van der Waals surface area (Å²) in [6.07, 6.45) is 1.15. The number of carbonyl (C=O) groups is 2. The van der Waals surface area contributed by atoms with Gasteiger partial charge in [-0.25, -0.2) is 0 Å². The summed E-state index contributed by atoms with van der Waals surface area (Å²) in [6.45, 7) is 1.47. The van der Waals surface area contributed by atoms with Crippen LogP contribution in [-0.4, -0.2) is 32.1 Å². The fourth-order valence-corrected chi connectivity index (χ4v) is 1.93. The third-order valence-electron chi connectivity index (χ3n) is 2.97. The van der Waals surface area contributed by atoms with Crippen LogP contribution in [0.15, 0.2) is 18.2 Å². The highest BCUT2D eigenvalue weighted by Crippen LogP contribution is 2.28. The maximum Gasteiger partial charge on any atom is 0.305 e. The van der Waals surface area contributed by atoms with Gasteiger partial charge in [0.05, 0.1) is 12.8 Å². The average molecular weight is 278 g/mol. The highest BCUT2D eigenvalue weighted by Gasteiger charge is 2.15. The van der Waals surface area contributed by atoms with Crippen LogP contribution in [0.2, 0.25) is 0 Å². The van der Waals surface area contributed by atoms with E-state index in [2.05, 4.69) is 15.4 Å². The van der Waals surface area contributed by atoms with Crippen LogP contribution in [-0.2, 0) is 20.9 Å². The minimum Gasteiger partial charge on any atom is -0.482 e. The quantitative estimate of drug-likeness (QED) is 0.601. The Morgan fingerprint density at radius 3 is 3.15 bits per heavy atom. The number of benzene rings is 1. The molecule has 0 atom stereocenters. The van der Waals surface area contributed by atoms with E-state index in [0.29, 0.717) is 24.4 Å². The second kappa shape index (κ2) is 6.91. The van der Waals surface area contributed by atoms with Crippen LogP contribution in [0.3, 0.4) is 0 Å². The minimum absolute atomic E-state index is 0.0676. The molecule has 1 aromatic rings. The van der Waals surface area contributed by atoms with E-state index in [1.165, 1.54) is 7.11 Å². The first kappa shape index (κ1) is 14.3. The zero-order valence-electron chi connectivity index (χ0n) is 11.4. The lowest BCUT2D eigenvalue weighted by Crippen LogP contribution is -2.25. The SMILES string of the molecule is COC(=O)CCCNCc1ccc2c(c1)NC(=O)CO2. The Balaban J connectivity index is 1.78. The van der Waals surface area contributed by atoms with Crippen molar-refractivity contribution in [3.8, 4) is 5.75 Å². The van der Waals surface area contributed by atoms with Crippen molar-refractivity contribution >= 4 is 17.6 Å². The van der Waals surface area contributed by atoms with E-state index >= 15 is 0 Å². The highest BCUT2D eigenvalue weighted by molar-refractivity contribution is 5.95. The number of anilines is 1. The summed E-state index contributed by atoms with van der Waals surface area (Å²) in [6, 6.07) is 5.68. The van der Waals surface area contributed by atoms with Crippen molar-refractivity contribution in [3.63, 3.8) is 0 Å². The molecule has 1 heterocycles. The zero-order valence-corrected chi connectivity index (χ0v) is 11.4.